The van der Waals surface area contributed by atoms with E-state index in [1.165, 1.54) is 0 Å². The van der Waals surface area contributed by atoms with E-state index in [0.717, 1.165) is 16.8 Å². The summed E-state index contributed by atoms with van der Waals surface area (Å²) in [6.07, 6.45) is 1.84. The van der Waals surface area contributed by atoms with E-state index in [1.54, 1.807) is 6.92 Å². The minimum Gasteiger partial charge on any atom is -0.396 e. The SMILES string of the molecule is CCON=C1CC(C(=O)Cc2cccc(-c3noc(C)n3)c2)C1. The van der Waals surface area contributed by atoms with Crippen molar-refractivity contribution < 1.29 is 14.2 Å². The Kier molecular flexibility index (Phi) is 4.50. The molecule has 23 heavy (non-hydrogen) atoms. The number of Topliss-reactive ketones (excluding diaryl/α,β-unsaturated/α-hetero) is 1. The van der Waals surface area contributed by atoms with Gasteiger partial charge in [0.25, 0.3) is 0 Å². The molecule has 0 N–H and O–H groups in total. The highest BCUT2D eigenvalue weighted by atomic mass is 16.6. The van der Waals surface area contributed by atoms with Crippen molar-refractivity contribution in [1.82, 2.24) is 10.1 Å². The van der Waals surface area contributed by atoms with Gasteiger partial charge in [-0.3, -0.25) is 4.79 Å². The maximum absolute atomic E-state index is 12.3. The molecule has 2 aromatic rings. The predicted octanol–water partition coefficient (Wildman–Crippen LogP) is 2.96. The lowest BCUT2D eigenvalue weighted by Crippen LogP contribution is -2.32. The molecule has 0 spiro atoms. The zero-order chi connectivity index (χ0) is 16.2. The van der Waals surface area contributed by atoms with E-state index in [-0.39, 0.29) is 11.7 Å². The molecule has 0 amide bonds. The second-order valence-corrected chi connectivity index (χ2v) is 5.66. The van der Waals surface area contributed by atoms with Gasteiger partial charge in [-0.15, -0.1) is 0 Å². The maximum Gasteiger partial charge on any atom is 0.223 e. The van der Waals surface area contributed by atoms with Crippen molar-refractivity contribution in [2.45, 2.75) is 33.1 Å². The summed E-state index contributed by atoms with van der Waals surface area (Å²) >= 11 is 0. The Hall–Kier alpha value is -2.50. The van der Waals surface area contributed by atoms with E-state index in [9.17, 15) is 4.79 Å². The molecule has 0 bridgehead atoms. The molecule has 6 nitrogen and oxygen atoms in total. The molecule has 1 heterocycles. The highest BCUT2D eigenvalue weighted by molar-refractivity contribution is 6.00. The summed E-state index contributed by atoms with van der Waals surface area (Å²) in [5.74, 6) is 1.37. The molecule has 1 aliphatic rings. The average Bonchev–Trinajstić information content (AvgIpc) is 2.93. The lowest BCUT2D eigenvalue weighted by molar-refractivity contribution is -0.122. The van der Waals surface area contributed by atoms with E-state index in [1.807, 2.05) is 31.2 Å². The molecular weight excluding hydrogens is 294 g/mol. The number of carbonyl (C=O) groups excluding carboxylic acids is 1. The molecule has 0 radical (unpaired) electrons. The van der Waals surface area contributed by atoms with Crippen molar-refractivity contribution in [2.75, 3.05) is 6.61 Å². The van der Waals surface area contributed by atoms with Gasteiger partial charge in [0.2, 0.25) is 11.7 Å². The Balaban J connectivity index is 1.62. The van der Waals surface area contributed by atoms with Crippen LogP contribution in [0.15, 0.2) is 33.9 Å². The number of hydrogen-bond donors (Lipinski definition) is 0. The van der Waals surface area contributed by atoms with Crippen molar-refractivity contribution in [1.29, 1.82) is 0 Å². The molecule has 1 fully saturated rings. The van der Waals surface area contributed by atoms with Gasteiger partial charge in [-0.25, -0.2) is 0 Å². The van der Waals surface area contributed by atoms with Crippen LogP contribution in [0, 0.1) is 12.8 Å². The highest BCUT2D eigenvalue weighted by Crippen LogP contribution is 2.27. The average molecular weight is 313 g/mol. The molecule has 6 heteroatoms. The minimum atomic E-state index is 0.0604. The van der Waals surface area contributed by atoms with Crippen LogP contribution in [0.4, 0.5) is 0 Å². The molecule has 1 aromatic carbocycles. The number of aryl methyl sites for hydroxylation is 1. The first-order chi connectivity index (χ1) is 11.2. The summed E-state index contributed by atoms with van der Waals surface area (Å²) in [5, 5.41) is 7.89. The van der Waals surface area contributed by atoms with Gasteiger partial charge in [0.15, 0.2) is 0 Å². The molecule has 0 unspecified atom stereocenters. The van der Waals surface area contributed by atoms with Crippen LogP contribution in [-0.4, -0.2) is 28.2 Å². The lowest BCUT2D eigenvalue weighted by atomic mass is 9.78. The Bertz CT molecular complexity index is 728. The number of rotatable bonds is 6. The van der Waals surface area contributed by atoms with E-state index in [0.29, 0.717) is 37.6 Å². The monoisotopic (exact) mass is 313 g/mol. The zero-order valence-corrected chi connectivity index (χ0v) is 13.3. The number of aromatic nitrogens is 2. The normalized spacial score (nSPS) is 16.8. The Morgan fingerprint density at radius 1 is 1.43 bits per heavy atom. The van der Waals surface area contributed by atoms with Crippen molar-refractivity contribution in [2.24, 2.45) is 11.1 Å². The summed E-state index contributed by atoms with van der Waals surface area (Å²) in [6.45, 7) is 4.20. The molecule has 120 valence electrons. The second kappa shape index (κ2) is 6.73. The van der Waals surface area contributed by atoms with Crippen LogP contribution in [0.25, 0.3) is 11.4 Å². The molecule has 1 saturated carbocycles. The molecule has 3 rings (SSSR count). The van der Waals surface area contributed by atoms with Gasteiger partial charge in [-0.05, 0) is 31.4 Å². The van der Waals surface area contributed by atoms with Gasteiger partial charge in [0.05, 0.1) is 5.71 Å². The fourth-order valence-corrected chi connectivity index (χ4v) is 2.55. The highest BCUT2D eigenvalue weighted by Gasteiger charge is 2.31. The topological polar surface area (TPSA) is 77.6 Å². The molecule has 0 aliphatic heterocycles. The number of oxime groups is 1. The Morgan fingerprint density at radius 2 is 2.26 bits per heavy atom. The van der Waals surface area contributed by atoms with E-state index < -0.39 is 0 Å². The van der Waals surface area contributed by atoms with Crippen molar-refractivity contribution >= 4 is 11.5 Å². The van der Waals surface area contributed by atoms with Gasteiger partial charge >= 0.3 is 0 Å². The number of nitrogens with zero attached hydrogens (tertiary/aromatic N) is 3. The molecule has 0 atom stereocenters. The molecular formula is C17H19N3O3. The van der Waals surface area contributed by atoms with Crippen LogP contribution >= 0.6 is 0 Å². The van der Waals surface area contributed by atoms with Crippen molar-refractivity contribution in [3.8, 4) is 11.4 Å². The summed E-state index contributed by atoms with van der Waals surface area (Å²) in [7, 11) is 0. The number of carbonyl (C=O) groups is 1. The first-order valence-electron chi connectivity index (χ1n) is 7.75. The van der Waals surface area contributed by atoms with Crippen LogP contribution in [0.1, 0.15) is 31.2 Å². The number of benzene rings is 1. The third-order valence-corrected chi connectivity index (χ3v) is 3.83. The van der Waals surface area contributed by atoms with Gasteiger partial charge in [0.1, 0.15) is 12.4 Å². The van der Waals surface area contributed by atoms with Crippen molar-refractivity contribution in [3.63, 3.8) is 0 Å². The third-order valence-electron chi connectivity index (χ3n) is 3.83. The van der Waals surface area contributed by atoms with E-state index in [4.69, 9.17) is 9.36 Å². The largest absolute Gasteiger partial charge is 0.396 e. The fraction of sp³-hybridized carbons (Fsp3) is 0.412. The van der Waals surface area contributed by atoms with Gasteiger partial charge < -0.3 is 9.36 Å². The third kappa shape index (κ3) is 3.64. The smallest absolute Gasteiger partial charge is 0.223 e. The van der Waals surface area contributed by atoms with Crippen molar-refractivity contribution in [3.05, 3.63) is 35.7 Å². The van der Waals surface area contributed by atoms with Gasteiger partial charge in [-0.2, -0.15) is 4.98 Å². The van der Waals surface area contributed by atoms with E-state index >= 15 is 0 Å². The summed E-state index contributed by atoms with van der Waals surface area (Å²) in [5.41, 5.74) is 2.80. The Labute approximate surface area is 134 Å². The molecule has 0 saturated heterocycles. The predicted molar refractivity (Wildman–Crippen MR) is 85.0 cm³/mol. The first-order valence-corrected chi connectivity index (χ1v) is 7.75. The van der Waals surface area contributed by atoms with Gasteiger partial charge in [-0.1, -0.05) is 28.5 Å². The van der Waals surface area contributed by atoms with Crippen LogP contribution < -0.4 is 0 Å². The lowest BCUT2D eigenvalue weighted by Gasteiger charge is -2.25. The second-order valence-electron chi connectivity index (χ2n) is 5.66. The summed E-state index contributed by atoms with van der Waals surface area (Å²) < 4.78 is 5.00. The minimum absolute atomic E-state index is 0.0604. The summed E-state index contributed by atoms with van der Waals surface area (Å²) in [6, 6.07) is 7.71. The molecule has 1 aliphatic carbocycles. The number of ketones is 1. The zero-order valence-electron chi connectivity index (χ0n) is 13.3. The first kappa shape index (κ1) is 15.4. The summed E-state index contributed by atoms with van der Waals surface area (Å²) in [4.78, 5) is 21.5. The van der Waals surface area contributed by atoms with E-state index in [2.05, 4.69) is 15.3 Å². The van der Waals surface area contributed by atoms with Crippen LogP contribution in [0.2, 0.25) is 0 Å². The maximum atomic E-state index is 12.3. The Morgan fingerprint density at radius 3 is 2.96 bits per heavy atom. The van der Waals surface area contributed by atoms with Crippen LogP contribution in [-0.2, 0) is 16.1 Å². The van der Waals surface area contributed by atoms with Crippen LogP contribution in [0.3, 0.4) is 0 Å². The molecule has 1 aromatic heterocycles. The van der Waals surface area contributed by atoms with Gasteiger partial charge in [0, 0.05) is 24.8 Å². The standard InChI is InChI=1S/C17H19N3O3/c1-3-22-19-15-9-14(10-15)16(21)8-12-5-4-6-13(7-12)17-18-11(2)23-20-17/h4-7,14H,3,8-10H2,1-2H3. The van der Waals surface area contributed by atoms with Crippen LogP contribution in [0.5, 0.6) is 0 Å². The quantitative estimate of drug-likeness (QED) is 0.766. The fourth-order valence-electron chi connectivity index (χ4n) is 2.55. The number of hydrogen-bond acceptors (Lipinski definition) is 6.